The Kier molecular flexibility index (Phi) is 5.55. The molecule has 0 fully saturated rings. The molecule has 0 aliphatic heterocycles. The van der Waals surface area contributed by atoms with Gasteiger partial charge < -0.3 is 5.32 Å². The van der Waals surface area contributed by atoms with Crippen LogP contribution in [0.2, 0.25) is 0 Å². The molecule has 2 rings (SSSR count). The predicted molar refractivity (Wildman–Crippen MR) is 82.1 cm³/mol. The Morgan fingerprint density at radius 2 is 1.95 bits per heavy atom. The molecule has 1 aromatic carbocycles. The molecule has 0 amide bonds. The molecule has 0 atom stereocenters. The molecule has 118 valence electrons. The zero-order valence-electron chi connectivity index (χ0n) is 11.4. The van der Waals surface area contributed by atoms with Gasteiger partial charge in [0.15, 0.2) is 0 Å². The van der Waals surface area contributed by atoms with E-state index >= 15 is 0 Å². The van der Waals surface area contributed by atoms with E-state index in [1.165, 1.54) is 23.5 Å². The number of benzene rings is 1. The summed E-state index contributed by atoms with van der Waals surface area (Å²) < 4.78 is 26.4. The minimum absolute atomic E-state index is 0.00222. The summed E-state index contributed by atoms with van der Waals surface area (Å²) in [6, 6.07) is 4.75. The summed E-state index contributed by atoms with van der Waals surface area (Å²) in [5.41, 5.74) is 2.49. The lowest BCUT2D eigenvalue weighted by atomic mass is 10.3. The van der Waals surface area contributed by atoms with Crippen LogP contribution in [0, 0.1) is 10.1 Å². The van der Waals surface area contributed by atoms with Gasteiger partial charge in [0.05, 0.1) is 21.0 Å². The van der Waals surface area contributed by atoms with Crippen LogP contribution in [0.5, 0.6) is 0 Å². The van der Waals surface area contributed by atoms with Crippen LogP contribution in [0.3, 0.4) is 0 Å². The standard InChI is InChI=1S/C12H14N4O4S2/c17-16(18)11-1-3-12(4-2-11)22(19,20)15-6-5-13-7-10-8-21-9-14-10/h1-4,8-9,13,15H,5-7H2. The molecule has 1 heterocycles. The number of hydrogen-bond donors (Lipinski definition) is 2. The number of nitrogens with one attached hydrogen (secondary N) is 2. The molecule has 0 bridgehead atoms. The molecule has 22 heavy (non-hydrogen) atoms. The van der Waals surface area contributed by atoms with Crippen molar-refractivity contribution in [1.29, 1.82) is 0 Å². The zero-order valence-corrected chi connectivity index (χ0v) is 13.1. The molecular weight excluding hydrogens is 328 g/mol. The van der Waals surface area contributed by atoms with Crippen molar-refractivity contribution in [3.63, 3.8) is 0 Å². The van der Waals surface area contributed by atoms with Crippen molar-refractivity contribution in [1.82, 2.24) is 15.0 Å². The van der Waals surface area contributed by atoms with Crippen LogP contribution in [-0.2, 0) is 16.6 Å². The summed E-state index contributed by atoms with van der Waals surface area (Å²) in [4.78, 5) is 14.0. The third-order valence-electron chi connectivity index (χ3n) is 2.74. The molecule has 0 unspecified atom stereocenters. The lowest BCUT2D eigenvalue weighted by Gasteiger charge is -2.07. The van der Waals surface area contributed by atoms with Crippen LogP contribution in [0.1, 0.15) is 5.69 Å². The van der Waals surface area contributed by atoms with E-state index in [-0.39, 0.29) is 17.1 Å². The Morgan fingerprint density at radius 1 is 1.23 bits per heavy atom. The highest BCUT2D eigenvalue weighted by atomic mass is 32.2. The van der Waals surface area contributed by atoms with Gasteiger partial charge in [-0.15, -0.1) is 11.3 Å². The third kappa shape index (κ3) is 4.56. The average Bonchev–Trinajstić information content (AvgIpc) is 3.00. The van der Waals surface area contributed by atoms with Crippen LogP contribution in [-0.4, -0.2) is 31.4 Å². The van der Waals surface area contributed by atoms with Gasteiger partial charge in [-0.1, -0.05) is 0 Å². The Morgan fingerprint density at radius 3 is 2.55 bits per heavy atom. The van der Waals surface area contributed by atoms with E-state index in [1.54, 1.807) is 5.51 Å². The van der Waals surface area contributed by atoms with Crippen molar-refractivity contribution >= 4 is 27.0 Å². The maximum absolute atomic E-state index is 12.0. The quantitative estimate of drug-likeness (QED) is 0.422. The molecule has 8 nitrogen and oxygen atoms in total. The Bertz CT molecular complexity index is 714. The summed E-state index contributed by atoms with van der Waals surface area (Å²) in [6.07, 6.45) is 0. The van der Waals surface area contributed by atoms with Crippen LogP contribution in [0.15, 0.2) is 40.1 Å². The van der Waals surface area contributed by atoms with E-state index in [9.17, 15) is 18.5 Å². The molecule has 0 radical (unpaired) electrons. The van der Waals surface area contributed by atoms with Crippen LogP contribution in [0.25, 0.3) is 0 Å². The number of nitro benzene ring substituents is 1. The normalized spacial score (nSPS) is 11.5. The van der Waals surface area contributed by atoms with Crippen LogP contribution < -0.4 is 10.0 Å². The van der Waals surface area contributed by atoms with Gasteiger partial charge in [0.2, 0.25) is 10.0 Å². The van der Waals surface area contributed by atoms with Crippen molar-refractivity contribution < 1.29 is 13.3 Å². The van der Waals surface area contributed by atoms with Crippen molar-refractivity contribution in [2.45, 2.75) is 11.4 Å². The summed E-state index contributed by atoms with van der Waals surface area (Å²) in [5.74, 6) is 0. The van der Waals surface area contributed by atoms with E-state index < -0.39 is 14.9 Å². The highest BCUT2D eigenvalue weighted by Crippen LogP contribution is 2.15. The predicted octanol–water partition coefficient (Wildman–Crippen LogP) is 1.12. The first-order valence-electron chi connectivity index (χ1n) is 6.31. The monoisotopic (exact) mass is 342 g/mol. The van der Waals surface area contributed by atoms with Gasteiger partial charge in [-0.25, -0.2) is 18.1 Å². The van der Waals surface area contributed by atoms with E-state index in [0.717, 1.165) is 17.8 Å². The molecule has 0 aliphatic rings. The molecule has 0 aliphatic carbocycles. The Labute approximate surface area is 131 Å². The number of rotatable bonds is 8. The smallest absolute Gasteiger partial charge is 0.269 e. The van der Waals surface area contributed by atoms with Crippen LogP contribution >= 0.6 is 11.3 Å². The summed E-state index contributed by atoms with van der Waals surface area (Å²) in [5, 5.41) is 15.5. The van der Waals surface area contributed by atoms with Crippen molar-refractivity contribution in [2.75, 3.05) is 13.1 Å². The fourth-order valence-corrected chi connectivity index (χ4v) is 3.24. The van der Waals surface area contributed by atoms with Gasteiger partial charge in [-0.3, -0.25) is 10.1 Å². The van der Waals surface area contributed by atoms with E-state index in [2.05, 4.69) is 15.0 Å². The molecule has 1 aromatic heterocycles. The number of non-ortho nitro benzene ring substituents is 1. The fourth-order valence-electron chi connectivity index (χ4n) is 1.65. The number of nitrogens with zero attached hydrogens (tertiary/aromatic N) is 2. The maximum Gasteiger partial charge on any atom is 0.269 e. The average molecular weight is 342 g/mol. The topological polar surface area (TPSA) is 114 Å². The first-order chi connectivity index (χ1) is 10.5. The highest BCUT2D eigenvalue weighted by Gasteiger charge is 2.14. The number of hydrogen-bond acceptors (Lipinski definition) is 7. The molecule has 0 saturated carbocycles. The summed E-state index contributed by atoms with van der Waals surface area (Å²) >= 11 is 1.50. The van der Waals surface area contributed by atoms with Gasteiger partial charge in [0.25, 0.3) is 5.69 Å². The Hall–Kier alpha value is -1.88. The lowest BCUT2D eigenvalue weighted by Crippen LogP contribution is -2.31. The van der Waals surface area contributed by atoms with Gasteiger partial charge in [0.1, 0.15) is 0 Å². The molecule has 0 saturated heterocycles. The summed E-state index contributed by atoms with van der Waals surface area (Å²) in [6.45, 7) is 1.23. The van der Waals surface area contributed by atoms with Gasteiger partial charge >= 0.3 is 0 Å². The molecule has 2 N–H and O–H groups in total. The minimum atomic E-state index is -3.66. The van der Waals surface area contributed by atoms with E-state index in [4.69, 9.17) is 0 Å². The SMILES string of the molecule is O=[N+]([O-])c1ccc(S(=O)(=O)NCCNCc2cscn2)cc1. The maximum atomic E-state index is 12.0. The highest BCUT2D eigenvalue weighted by molar-refractivity contribution is 7.89. The first kappa shape index (κ1) is 16.5. The number of nitro groups is 1. The second-order valence-corrected chi connectivity index (χ2v) is 6.79. The molecule has 0 spiro atoms. The minimum Gasteiger partial charge on any atom is -0.310 e. The third-order valence-corrected chi connectivity index (χ3v) is 4.85. The number of sulfonamides is 1. The fraction of sp³-hybridized carbons (Fsp3) is 0.250. The molecular formula is C12H14N4O4S2. The Balaban J connectivity index is 1.81. The van der Waals surface area contributed by atoms with Crippen molar-refractivity contribution in [3.8, 4) is 0 Å². The van der Waals surface area contributed by atoms with E-state index in [1.807, 2.05) is 5.38 Å². The zero-order chi connectivity index (χ0) is 16.0. The second-order valence-electron chi connectivity index (χ2n) is 4.31. The van der Waals surface area contributed by atoms with Crippen LogP contribution in [0.4, 0.5) is 5.69 Å². The first-order valence-corrected chi connectivity index (χ1v) is 8.73. The number of thiazole rings is 1. The van der Waals surface area contributed by atoms with Crippen molar-refractivity contribution in [2.24, 2.45) is 0 Å². The van der Waals surface area contributed by atoms with Gasteiger partial charge in [-0.05, 0) is 12.1 Å². The lowest BCUT2D eigenvalue weighted by molar-refractivity contribution is -0.384. The van der Waals surface area contributed by atoms with E-state index in [0.29, 0.717) is 13.1 Å². The molecule has 2 aromatic rings. The van der Waals surface area contributed by atoms with Gasteiger partial charge in [-0.2, -0.15) is 0 Å². The second kappa shape index (κ2) is 7.40. The molecule has 10 heteroatoms. The summed E-state index contributed by atoms with van der Waals surface area (Å²) in [7, 11) is -3.66. The van der Waals surface area contributed by atoms with Crippen molar-refractivity contribution in [3.05, 3.63) is 51.0 Å². The van der Waals surface area contributed by atoms with Gasteiger partial charge in [0, 0.05) is 37.1 Å². The largest absolute Gasteiger partial charge is 0.310 e. The number of aromatic nitrogens is 1.